The van der Waals surface area contributed by atoms with Gasteiger partial charge < -0.3 is 14.0 Å². The first-order chi connectivity index (χ1) is 15.7. The lowest BCUT2D eigenvalue weighted by Gasteiger charge is -2.06. The van der Waals surface area contributed by atoms with Crippen LogP contribution in [0.15, 0.2) is 27.8 Å². The maximum atomic E-state index is 12.6. The molecule has 0 spiro atoms. The zero-order chi connectivity index (χ0) is 24.3. The Kier molecular flexibility index (Phi) is 6.70. The standard InChI is InChI=1S/C20H21N5O8/c1-4-5-6-24-16-15(17(26)22-20(24)29)23(2)14(21-16)10-33-19(28)12-7-11(18(27)32-3)8-13(9-12)25(30)31/h7-9H,4-6,10H2,1-3H3,(H,22,26,29). The summed E-state index contributed by atoms with van der Waals surface area (Å²) >= 11 is 0. The molecule has 0 aliphatic rings. The minimum absolute atomic E-state index is 0.139. The maximum Gasteiger partial charge on any atom is 0.338 e. The fourth-order valence-corrected chi connectivity index (χ4v) is 3.23. The molecule has 13 heteroatoms. The Hall–Kier alpha value is -4.29. The van der Waals surface area contributed by atoms with Crippen LogP contribution in [0.5, 0.6) is 0 Å². The number of aryl methyl sites for hydroxylation is 2. The number of ether oxygens (including phenoxy) is 2. The lowest BCUT2D eigenvalue weighted by molar-refractivity contribution is -0.384. The smallest absolute Gasteiger partial charge is 0.338 e. The number of methoxy groups -OCH3 is 1. The van der Waals surface area contributed by atoms with Gasteiger partial charge in [-0.1, -0.05) is 13.3 Å². The number of nitrogens with zero attached hydrogens (tertiary/aromatic N) is 4. The molecule has 0 aliphatic carbocycles. The lowest BCUT2D eigenvalue weighted by atomic mass is 10.1. The molecule has 1 aromatic carbocycles. The average Bonchev–Trinajstić information content (AvgIpc) is 3.12. The SMILES string of the molecule is CCCCn1c(=O)[nH]c(=O)c2c1nc(COC(=O)c1cc(C(=O)OC)cc([N+](=O)[O-])c1)n2C. The Bertz CT molecular complexity index is 1370. The van der Waals surface area contributed by atoms with Crippen molar-refractivity contribution in [3.05, 3.63) is 66.1 Å². The van der Waals surface area contributed by atoms with E-state index in [0.717, 1.165) is 31.7 Å². The Morgan fingerprint density at radius 1 is 1.18 bits per heavy atom. The van der Waals surface area contributed by atoms with E-state index in [-0.39, 0.29) is 34.7 Å². The number of nitrogens with one attached hydrogen (secondary N) is 1. The number of carbonyl (C=O) groups is 2. The number of benzene rings is 1. The van der Waals surface area contributed by atoms with Crippen molar-refractivity contribution in [2.24, 2.45) is 7.05 Å². The van der Waals surface area contributed by atoms with Crippen LogP contribution < -0.4 is 11.2 Å². The van der Waals surface area contributed by atoms with Gasteiger partial charge in [-0.3, -0.25) is 24.5 Å². The third kappa shape index (κ3) is 4.66. The van der Waals surface area contributed by atoms with Crippen molar-refractivity contribution < 1.29 is 24.0 Å². The molecular formula is C20H21N5O8. The van der Waals surface area contributed by atoms with E-state index >= 15 is 0 Å². The molecule has 0 saturated carbocycles. The average molecular weight is 459 g/mol. The second-order valence-electron chi connectivity index (χ2n) is 7.12. The quantitative estimate of drug-likeness (QED) is 0.296. The highest BCUT2D eigenvalue weighted by molar-refractivity contribution is 5.96. The molecule has 0 bridgehead atoms. The number of aromatic amines is 1. The fraction of sp³-hybridized carbons (Fsp3) is 0.350. The lowest BCUT2D eigenvalue weighted by Crippen LogP contribution is -2.31. The highest BCUT2D eigenvalue weighted by Gasteiger charge is 2.21. The van der Waals surface area contributed by atoms with E-state index in [4.69, 9.17) is 4.74 Å². The fourth-order valence-electron chi connectivity index (χ4n) is 3.23. The molecule has 0 radical (unpaired) electrons. The van der Waals surface area contributed by atoms with Gasteiger partial charge in [0.25, 0.3) is 11.2 Å². The van der Waals surface area contributed by atoms with Crippen molar-refractivity contribution in [2.75, 3.05) is 7.11 Å². The van der Waals surface area contributed by atoms with Gasteiger partial charge in [0.05, 0.1) is 23.2 Å². The summed E-state index contributed by atoms with van der Waals surface area (Å²) in [4.78, 5) is 65.8. The summed E-state index contributed by atoms with van der Waals surface area (Å²) in [6, 6.07) is 3.07. The third-order valence-electron chi connectivity index (χ3n) is 4.96. The second-order valence-corrected chi connectivity index (χ2v) is 7.12. The van der Waals surface area contributed by atoms with Crippen LogP contribution in [0.2, 0.25) is 0 Å². The van der Waals surface area contributed by atoms with Crippen LogP contribution in [-0.4, -0.2) is 43.1 Å². The van der Waals surface area contributed by atoms with Crippen LogP contribution in [0, 0.1) is 10.1 Å². The summed E-state index contributed by atoms with van der Waals surface area (Å²) in [7, 11) is 2.64. The number of nitro groups is 1. The number of imidazole rings is 1. The summed E-state index contributed by atoms with van der Waals surface area (Å²) < 4.78 is 12.5. The van der Waals surface area contributed by atoms with Crippen LogP contribution in [0.25, 0.3) is 11.2 Å². The molecule has 3 rings (SSSR count). The van der Waals surface area contributed by atoms with Crippen molar-refractivity contribution in [3.63, 3.8) is 0 Å². The number of hydrogen-bond donors (Lipinski definition) is 1. The Morgan fingerprint density at radius 2 is 1.85 bits per heavy atom. The number of fused-ring (bicyclic) bond motifs is 1. The molecule has 0 unspecified atom stereocenters. The molecule has 2 aromatic heterocycles. The predicted octanol–water partition coefficient (Wildman–Crippen LogP) is 1.28. The van der Waals surface area contributed by atoms with Crippen LogP contribution in [-0.2, 0) is 29.7 Å². The number of carbonyl (C=O) groups excluding carboxylic acids is 2. The number of esters is 2. The maximum absolute atomic E-state index is 12.6. The summed E-state index contributed by atoms with van der Waals surface area (Å²) in [6.07, 6.45) is 1.51. The van der Waals surface area contributed by atoms with E-state index in [0.29, 0.717) is 13.0 Å². The number of rotatable bonds is 8. The largest absolute Gasteiger partial charge is 0.465 e. The van der Waals surface area contributed by atoms with E-state index < -0.39 is 33.8 Å². The molecule has 1 N–H and O–H groups in total. The molecule has 33 heavy (non-hydrogen) atoms. The van der Waals surface area contributed by atoms with Gasteiger partial charge in [-0.25, -0.2) is 19.4 Å². The van der Waals surface area contributed by atoms with Gasteiger partial charge >= 0.3 is 17.6 Å². The number of aromatic nitrogens is 4. The predicted molar refractivity (Wildman–Crippen MR) is 114 cm³/mol. The highest BCUT2D eigenvalue weighted by atomic mass is 16.6. The van der Waals surface area contributed by atoms with E-state index in [2.05, 4.69) is 14.7 Å². The number of hydrogen-bond acceptors (Lipinski definition) is 9. The first-order valence-corrected chi connectivity index (χ1v) is 9.91. The van der Waals surface area contributed by atoms with Gasteiger partial charge in [0.2, 0.25) is 0 Å². The van der Waals surface area contributed by atoms with Crippen molar-refractivity contribution in [1.29, 1.82) is 0 Å². The molecular weight excluding hydrogens is 438 g/mol. The van der Waals surface area contributed by atoms with E-state index in [1.165, 1.54) is 16.2 Å². The van der Waals surface area contributed by atoms with Crippen LogP contribution in [0.4, 0.5) is 5.69 Å². The third-order valence-corrected chi connectivity index (χ3v) is 4.96. The second kappa shape index (κ2) is 9.46. The Balaban J connectivity index is 1.93. The molecule has 0 saturated heterocycles. The van der Waals surface area contributed by atoms with Gasteiger partial charge in [-0.15, -0.1) is 0 Å². The van der Waals surface area contributed by atoms with E-state index in [1.807, 2.05) is 6.92 Å². The van der Waals surface area contributed by atoms with E-state index in [1.54, 1.807) is 0 Å². The van der Waals surface area contributed by atoms with E-state index in [9.17, 15) is 29.3 Å². The number of non-ortho nitro benzene ring substituents is 1. The monoisotopic (exact) mass is 459 g/mol. The zero-order valence-electron chi connectivity index (χ0n) is 18.1. The highest BCUT2D eigenvalue weighted by Crippen LogP contribution is 2.20. The Morgan fingerprint density at radius 3 is 2.45 bits per heavy atom. The van der Waals surface area contributed by atoms with Gasteiger partial charge in [0, 0.05) is 25.7 Å². The van der Waals surface area contributed by atoms with Crippen LogP contribution in [0.3, 0.4) is 0 Å². The first-order valence-electron chi connectivity index (χ1n) is 9.91. The first kappa shape index (κ1) is 23.4. The minimum atomic E-state index is -0.951. The van der Waals surface area contributed by atoms with Crippen LogP contribution in [0.1, 0.15) is 46.3 Å². The number of H-pyrrole nitrogens is 1. The van der Waals surface area contributed by atoms with Crippen molar-refractivity contribution in [3.8, 4) is 0 Å². The molecule has 2 heterocycles. The molecule has 0 fully saturated rings. The number of unbranched alkanes of at least 4 members (excludes halogenated alkanes) is 1. The van der Waals surface area contributed by atoms with Gasteiger partial charge in [-0.2, -0.15) is 0 Å². The Labute approximate surface area is 185 Å². The number of nitro benzene ring substituents is 1. The van der Waals surface area contributed by atoms with Gasteiger partial charge in [0.15, 0.2) is 11.2 Å². The summed E-state index contributed by atoms with van der Waals surface area (Å²) in [5.41, 5.74) is -1.83. The van der Waals surface area contributed by atoms with Gasteiger partial charge in [0.1, 0.15) is 12.4 Å². The molecule has 174 valence electrons. The molecule has 0 atom stereocenters. The molecule has 0 amide bonds. The summed E-state index contributed by atoms with van der Waals surface area (Å²) in [5.74, 6) is -1.63. The zero-order valence-corrected chi connectivity index (χ0v) is 18.1. The van der Waals surface area contributed by atoms with Crippen molar-refractivity contribution in [2.45, 2.75) is 32.9 Å². The molecule has 3 aromatic rings. The molecule has 13 nitrogen and oxygen atoms in total. The molecule has 0 aliphatic heterocycles. The van der Waals surface area contributed by atoms with Gasteiger partial charge in [-0.05, 0) is 12.5 Å². The minimum Gasteiger partial charge on any atom is -0.465 e. The normalized spacial score (nSPS) is 10.9. The van der Waals surface area contributed by atoms with Crippen molar-refractivity contribution in [1.82, 2.24) is 19.1 Å². The van der Waals surface area contributed by atoms with Crippen molar-refractivity contribution >= 4 is 28.8 Å². The van der Waals surface area contributed by atoms with Crippen LogP contribution >= 0.6 is 0 Å². The summed E-state index contributed by atoms with van der Waals surface area (Å²) in [5, 5.41) is 11.2. The topological polar surface area (TPSA) is 168 Å². The summed E-state index contributed by atoms with van der Waals surface area (Å²) in [6.45, 7) is 1.92.